The van der Waals surface area contributed by atoms with Crippen LogP contribution < -0.4 is 0 Å². The molecule has 134 valence electrons. The fourth-order valence-corrected chi connectivity index (χ4v) is 5.20. The highest BCUT2D eigenvalue weighted by Crippen LogP contribution is 2.37. The van der Waals surface area contributed by atoms with Gasteiger partial charge in [0.25, 0.3) is 5.91 Å². The van der Waals surface area contributed by atoms with Crippen molar-refractivity contribution < 1.29 is 9.21 Å². The first-order valence-electron chi connectivity index (χ1n) is 8.75. The van der Waals surface area contributed by atoms with Gasteiger partial charge in [0.1, 0.15) is 15.8 Å². The highest BCUT2D eigenvalue weighted by Gasteiger charge is 2.37. The number of furan rings is 1. The zero-order chi connectivity index (χ0) is 18.1. The Hall–Kier alpha value is -1.12. The lowest BCUT2D eigenvalue weighted by atomic mass is 9.94. The summed E-state index contributed by atoms with van der Waals surface area (Å²) in [4.78, 5) is 15.3. The van der Waals surface area contributed by atoms with Gasteiger partial charge in [-0.05, 0) is 59.7 Å². The minimum absolute atomic E-state index is 0.0270. The Morgan fingerprint density at radius 2 is 1.85 bits per heavy atom. The number of benzene rings is 1. The minimum atomic E-state index is 0.0270. The largest absolute Gasteiger partial charge is 0.457 e. The molecule has 3 nitrogen and oxygen atoms in total. The van der Waals surface area contributed by atoms with Crippen molar-refractivity contribution in [2.45, 2.75) is 38.1 Å². The van der Waals surface area contributed by atoms with E-state index in [9.17, 15) is 4.79 Å². The standard InChI is InChI=1S/C20H18INO2S2/c21-14-8-6-13(7-9-14)17-11-10-16(24-17)12-18-19(23)22(20(25)26-18)15-4-2-1-3-5-15/h6-12,15H,1-5H2/b18-12+. The molecule has 1 aromatic heterocycles. The molecule has 2 aromatic rings. The minimum Gasteiger partial charge on any atom is -0.457 e. The lowest BCUT2D eigenvalue weighted by Crippen LogP contribution is -2.39. The Bertz CT molecular complexity index is 866. The van der Waals surface area contributed by atoms with Crippen LogP contribution in [0.25, 0.3) is 17.4 Å². The first-order chi connectivity index (χ1) is 12.6. The van der Waals surface area contributed by atoms with E-state index in [2.05, 4.69) is 22.6 Å². The van der Waals surface area contributed by atoms with E-state index in [1.54, 1.807) is 0 Å². The second kappa shape index (κ2) is 7.86. The number of thiocarbonyl (C=S) groups is 1. The fraction of sp³-hybridized carbons (Fsp3) is 0.300. The van der Waals surface area contributed by atoms with Crippen LogP contribution in [0.4, 0.5) is 0 Å². The number of halogens is 1. The molecule has 2 aliphatic rings. The molecule has 1 aliphatic heterocycles. The van der Waals surface area contributed by atoms with E-state index in [1.165, 1.54) is 34.6 Å². The lowest BCUT2D eigenvalue weighted by Gasteiger charge is -2.29. The van der Waals surface area contributed by atoms with Crippen molar-refractivity contribution in [2.75, 3.05) is 0 Å². The molecule has 26 heavy (non-hydrogen) atoms. The van der Waals surface area contributed by atoms with Crippen molar-refractivity contribution in [1.29, 1.82) is 0 Å². The lowest BCUT2D eigenvalue weighted by molar-refractivity contribution is -0.124. The third-order valence-corrected chi connectivity index (χ3v) is 6.84. The molecule has 0 radical (unpaired) electrons. The number of hydrogen-bond acceptors (Lipinski definition) is 4. The van der Waals surface area contributed by atoms with E-state index in [0.29, 0.717) is 15.0 Å². The Kier molecular flexibility index (Phi) is 5.52. The average molecular weight is 495 g/mol. The van der Waals surface area contributed by atoms with Crippen LogP contribution in [0, 0.1) is 3.57 Å². The third kappa shape index (κ3) is 3.77. The quantitative estimate of drug-likeness (QED) is 0.294. The number of carbonyl (C=O) groups excluding carboxylic acids is 1. The van der Waals surface area contributed by atoms with E-state index in [0.717, 1.165) is 24.2 Å². The monoisotopic (exact) mass is 495 g/mol. The molecular formula is C20H18INO2S2. The number of nitrogens with zero attached hydrogens (tertiary/aromatic N) is 1. The first-order valence-corrected chi connectivity index (χ1v) is 11.0. The van der Waals surface area contributed by atoms with Gasteiger partial charge in [-0.2, -0.15) is 0 Å². The Labute approximate surface area is 176 Å². The van der Waals surface area contributed by atoms with Gasteiger partial charge < -0.3 is 4.42 Å². The number of carbonyl (C=O) groups is 1. The molecule has 2 heterocycles. The zero-order valence-corrected chi connectivity index (χ0v) is 17.9. The number of thioether (sulfide) groups is 1. The molecule has 0 spiro atoms. The molecule has 0 unspecified atom stereocenters. The van der Waals surface area contributed by atoms with Crippen LogP contribution in [0.15, 0.2) is 45.7 Å². The highest BCUT2D eigenvalue weighted by atomic mass is 127. The first kappa shape index (κ1) is 18.3. The van der Waals surface area contributed by atoms with Gasteiger partial charge in [0, 0.05) is 21.3 Å². The van der Waals surface area contributed by atoms with E-state index in [-0.39, 0.29) is 11.9 Å². The van der Waals surface area contributed by atoms with Gasteiger partial charge in [-0.25, -0.2) is 0 Å². The smallest absolute Gasteiger partial charge is 0.266 e. The molecule has 1 aliphatic carbocycles. The highest BCUT2D eigenvalue weighted by molar-refractivity contribution is 14.1. The van der Waals surface area contributed by atoms with E-state index in [4.69, 9.17) is 16.6 Å². The van der Waals surface area contributed by atoms with Crippen molar-refractivity contribution in [3.63, 3.8) is 0 Å². The molecule has 4 rings (SSSR count). The molecule has 2 fully saturated rings. The fourth-order valence-electron chi connectivity index (χ4n) is 3.46. The average Bonchev–Trinajstić information content (AvgIpc) is 3.21. The van der Waals surface area contributed by atoms with Crippen LogP contribution in [0.5, 0.6) is 0 Å². The summed E-state index contributed by atoms with van der Waals surface area (Å²) in [5.74, 6) is 1.51. The molecule has 6 heteroatoms. The molecule has 0 N–H and O–H groups in total. The van der Waals surface area contributed by atoms with Crippen molar-refractivity contribution in [3.05, 3.63) is 50.6 Å². The summed E-state index contributed by atoms with van der Waals surface area (Å²) in [6.07, 6.45) is 7.54. The zero-order valence-electron chi connectivity index (χ0n) is 14.1. The van der Waals surface area contributed by atoms with Gasteiger partial charge in [0.2, 0.25) is 0 Å². The van der Waals surface area contributed by atoms with Crippen LogP contribution in [-0.4, -0.2) is 21.2 Å². The van der Waals surface area contributed by atoms with Gasteiger partial charge in [0.15, 0.2) is 0 Å². The van der Waals surface area contributed by atoms with Crippen molar-refractivity contribution in [2.24, 2.45) is 0 Å². The SMILES string of the molecule is O=C1/C(=C\c2ccc(-c3ccc(I)cc3)o2)SC(=S)N1C1CCCCC1. The second-order valence-corrected chi connectivity index (χ2v) is 9.47. The maximum atomic E-state index is 12.8. The molecule has 1 aromatic carbocycles. The Morgan fingerprint density at radius 3 is 2.58 bits per heavy atom. The predicted molar refractivity (Wildman–Crippen MR) is 119 cm³/mol. The summed E-state index contributed by atoms with van der Waals surface area (Å²) in [6, 6.07) is 12.3. The van der Waals surface area contributed by atoms with Crippen molar-refractivity contribution >= 4 is 62.9 Å². The second-order valence-electron chi connectivity index (χ2n) is 6.55. The number of rotatable bonds is 3. The van der Waals surface area contributed by atoms with Crippen LogP contribution in [-0.2, 0) is 4.79 Å². The Morgan fingerprint density at radius 1 is 1.12 bits per heavy atom. The van der Waals surface area contributed by atoms with E-state index < -0.39 is 0 Å². The summed E-state index contributed by atoms with van der Waals surface area (Å²) in [5.41, 5.74) is 1.03. The van der Waals surface area contributed by atoms with Crippen LogP contribution >= 0.6 is 46.6 Å². The molecular weight excluding hydrogens is 477 g/mol. The van der Waals surface area contributed by atoms with Gasteiger partial charge in [-0.15, -0.1) is 0 Å². The summed E-state index contributed by atoms with van der Waals surface area (Å²) in [7, 11) is 0. The Balaban J connectivity index is 1.54. The van der Waals surface area contributed by atoms with Crippen LogP contribution in [0.3, 0.4) is 0 Å². The molecule has 1 saturated carbocycles. The van der Waals surface area contributed by atoms with Gasteiger partial charge in [0.05, 0.1) is 4.91 Å². The van der Waals surface area contributed by atoms with Crippen molar-refractivity contribution in [1.82, 2.24) is 4.90 Å². The third-order valence-electron chi connectivity index (χ3n) is 4.79. The number of amides is 1. The number of hydrogen-bond donors (Lipinski definition) is 0. The van der Waals surface area contributed by atoms with E-state index in [1.807, 2.05) is 47.4 Å². The van der Waals surface area contributed by atoms with Crippen molar-refractivity contribution in [3.8, 4) is 11.3 Å². The molecule has 1 saturated heterocycles. The summed E-state index contributed by atoms with van der Waals surface area (Å²) >= 11 is 9.15. The normalized spacial score (nSPS) is 20.3. The predicted octanol–water partition coefficient (Wildman–Crippen LogP) is 6.09. The maximum Gasteiger partial charge on any atom is 0.266 e. The van der Waals surface area contributed by atoms with E-state index >= 15 is 0 Å². The topological polar surface area (TPSA) is 33.5 Å². The van der Waals surface area contributed by atoms with Crippen LogP contribution in [0.2, 0.25) is 0 Å². The van der Waals surface area contributed by atoms with Gasteiger partial charge >= 0.3 is 0 Å². The maximum absolute atomic E-state index is 12.8. The van der Waals surface area contributed by atoms with Gasteiger partial charge in [-0.3, -0.25) is 9.69 Å². The molecule has 1 amide bonds. The summed E-state index contributed by atoms with van der Waals surface area (Å²) in [6.45, 7) is 0. The summed E-state index contributed by atoms with van der Waals surface area (Å²) in [5, 5.41) is 0. The molecule has 0 bridgehead atoms. The van der Waals surface area contributed by atoms with Crippen LogP contribution in [0.1, 0.15) is 37.9 Å². The van der Waals surface area contributed by atoms with Gasteiger partial charge in [-0.1, -0.05) is 55.4 Å². The molecule has 0 atom stereocenters. The summed E-state index contributed by atoms with van der Waals surface area (Å²) < 4.78 is 7.79.